The van der Waals surface area contributed by atoms with Crippen molar-refractivity contribution >= 4 is 62.7 Å². The molecule has 1 aromatic carbocycles. The number of hydrogen-bond acceptors (Lipinski definition) is 6. The minimum atomic E-state index is -0.321. The Balaban J connectivity index is 1.68. The normalized spacial score (nSPS) is 16.0. The van der Waals surface area contributed by atoms with Crippen LogP contribution >= 0.6 is 35.3 Å². The highest BCUT2D eigenvalue weighted by atomic mass is 32.2. The van der Waals surface area contributed by atoms with Crippen LogP contribution in [0.1, 0.15) is 30.9 Å². The monoisotopic (exact) mass is 403 g/mol. The maximum Gasteiger partial charge on any atom is 0.266 e. The fraction of sp³-hybridized carbons (Fsp3) is 0.222. The van der Waals surface area contributed by atoms with Crippen molar-refractivity contribution in [2.75, 3.05) is 11.9 Å². The molecule has 0 atom stereocenters. The van der Waals surface area contributed by atoms with Crippen molar-refractivity contribution in [3.8, 4) is 0 Å². The van der Waals surface area contributed by atoms with Gasteiger partial charge in [-0.05, 0) is 23.1 Å². The van der Waals surface area contributed by atoms with Crippen LogP contribution < -0.4 is 5.32 Å². The Morgan fingerprint density at radius 1 is 1.35 bits per heavy atom. The van der Waals surface area contributed by atoms with E-state index in [4.69, 9.17) is 12.2 Å². The Kier molecular flexibility index (Phi) is 5.85. The van der Waals surface area contributed by atoms with Crippen molar-refractivity contribution in [3.05, 3.63) is 51.9 Å². The first-order valence-corrected chi connectivity index (χ1v) is 10.1. The summed E-state index contributed by atoms with van der Waals surface area (Å²) < 4.78 is 0.384. The number of thiazole rings is 1. The molecule has 0 spiro atoms. The number of nitrogens with zero attached hydrogens (tertiary/aromatic N) is 2. The molecule has 134 valence electrons. The molecule has 1 saturated heterocycles. The zero-order valence-corrected chi connectivity index (χ0v) is 16.7. The molecule has 5 nitrogen and oxygen atoms in total. The van der Waals surface area contributed by atoms with E-state index in [2.05, 4.69) is 36.3 Å². The van der Waals surface area contributed by atoms with E-state index < -0.39 is 0 Å². The fourth-order valence-corrected chi connectivity index (χ4v) is 4.15. The molecule has 2 amide bonds. The lowest BCUT2D eigenvalue weighted by atomic mass is 10.0. The second kappa shape index (κ2) is 8.11. The van der Waals surface area contributed by atoms with Gasteiger partial charge >= 0.3 is 0 Å². The van der Waals surface area contributed by atoms with Gasteiger partial charge in [0, 0.05) is 11.6 Å². The maximum absolute atomic E-state index is 12.6. The third-order valence-electron chi connectivity index (χ3n) is 3.75. The van der Waals surface area contributed by atoms with E-state index >= 15 is 0 Å². The Labute approximate surface area is 165 Å². The van der Waals surface area contributed by atoms with Crippen molar-refractivity contribution < 1.29 is 9.59 Å². The molecule has 0 radical (unpaired) electrons. The number of anilines is 1. The summed E-state index contributed by atoms with van der Waals surface area (Å²) in [5.41, 5.74) is 2.18. The summed E-state index contributed by atoms with van der Waals surface area (Å²) in [6.45, 7) is 4.15. The second-order valence-electron chi connectivity index (χ2n) is 5.97. The first kappa shape index (κ1) is 18.8. The number of aromatic nitrogens is 1. The minimum Gasteiger partial charge on any atom is -0.300 e. The predicted octanol–water partition coefficient (Wildman–Crippen LogP) is 4.11. The summed E-state index contributed by atoms with van der Waals surface area (Å²) in [5.74, 6) is -0.111. The van der Waals surface area contributed by atoms with Crippen LogP contribution in [0.3, 0.4) is 0 Å². The Hall–Kier alpha value is -2.03. The quantitative estimate of drug-likeness (QED) is 0.601. The number of thioether (sulfide) groups is 1. The molecule has 2 heterocycles. The number of nitrogens with one attached hydrogen (secondary N) is 1. The molecule has 1 fully saturated rings. The number of thiocarbonyl (C=S) groups is 1. The van der Waals surface area contributed by atoms with E-state index in [1.807, 2.05) is 18.2 Å². The first-order valence-electron chi connectivity index (χ1n) is 7.98. The van der Waals surface area contributed by atoms with E-state index in [1.165, 1.54) is 33.6 Å². The average molecular weight is 404 g/mol. The molecule has 26 heavy (non-hydrogen) atoms. The number of carbonyl (C=O) groups excluding carboxylic acids is 2. The summed E-state index contributed by atoms with van der Waals surface area (Å²) in [6, 6.07) is 8.07. The van der Waals surface area contributed by atoms with Gasteiger partial charge in [0.05, 0.1) is 4.91 Å². The Bertz CT molecular complexity index is 858. The molecule has 1 aliphatic heterocycles. The zero-order chi connectivity index (χ0) is 18.7. The van der Waals surface area contributed by atoms with Gasteiger partial charge < -0.3 is 5.32 Å². The van der Waals surface area contributed by atoms with Crippen LogP contribution in [0.4, 0.5) is 5.13 Å². The van der Waals surface area contributed by atoms with Gasteiger partial charge in [0.25, 0.3) is 5.91 Å². The summed E-state index contributed by atoms with van der Waals surface area (Å²) in [6.07, 6.45) is 3.41. The lowest BCUT2D eigenvalue weighted by Crippen LogP contribution is -2.36. The maximum atomic E-state index is 12.6. The number of hydrogen-bond donors (Lipinski definition) is 1. The van der Waals surface area contributed by atoms with Gasteiger partial charge in [0.15, 0.2) is 5.13 Å². The summed E-state index contributed by atoms with van der Waals surface area (Å²) in [4.78, 5) is 30.5. The van der Waals surface area contributed by atoms with Crippen molar-refractivity contribution in [1.29, 1.82) is 0 Å². The smallest absolute Gasteiger partial charge is 0.266 e. The van der Waals surface area contributed by atoms with Gasteiger partial charge in [0.1, 0.15) is 10.9 Å². The van der Waals surface area contributed by atoms with E-state index in [-0.39, 0.29) is 18.4 Å². The SMILES string of the molecule is CC(C)c1ccc(/C=C2/SC(=S)N(CC(=O)Nc3nccs3)C2=O)cc1. The first-order chi connectivity index (χ1) is 12.4. The van der Waals surface area contributed by atoms with Crippen LogP contribution in [0, 0.1) is 0 Å². The number of benzene rings is 1. The fourth-order valence-electron chi connectivity index (χ4n) is 2.35. The lowest BCUT2D eigenvalue weighted by molar-refractivity contribution is -0.126. The van der Waals surface area contributed by atoms with Crippen LogP contribution in [-0.2, 0) is 9.59 Å². The van der Waals surface area contributed by atoms with Gasteiger partial charge in [0.2, 0.25) is 5.91 Å². The van der Waals surface area contributed by atoms with Gasteiger partial charge in [-0.25, -0.2) is 4.98 Å². The summed E-state index contributed by atoms with van der Waals surface area (Å²) in [7, 11) is 0. The van der Waals surface area contributed by atoms with E-state index in [9.17, 15) is 9.59 Å². The summed E-state index contributed by atoms with van der Waals surface area (Å²) >= 11 is 7.80. The van der Waals surface area contributed by atoms with Crippen molar-refractivity contribution in [1.82, 2.24) is 9.88 Å². The molecule has 1 N–H and O–H groups in total. The molecular weight excluding hydrogens is 386 g/mol. The zero-order valence-electron chi connectivity index (χ0n) is 14.3. The third kappa shape index (κ3) is 4.38. The molecule has 2 aromatic rings. The average Bonchev–Trinajstić information content (AvgIpc) is 3.19. The largest absolute Gasteiger partial charge is 0.300 e. The standard InChI is InChI=1S/C18H17N3O2S3/c1-11(2)13-5-3-12(4-6-13)9-14-16(23)21(18(24)26-14)10-15(22)20-17-19-7-8-25-17/h3-9,11H,10H2,1-2H3,(H,19,20,22)/b14-9+. The van der Waals surface area contributed by atoms with Crippen LogP contribution in [0.25, 0.3) is 6.08 Å². The number of amides is 2. The molecule has 3 rings (SSSR count). The predicted molar refractivity (Wildman–Crippen MR) is 111 cm³/mol. The molecule has 0 saturated carbocycles. The van der Waals surface area contributed by atoms with Crippen LogP contribution in [0.2, 0.25) is 0 Å². The topological polar surface area (TPSA) is 62.3 Å². The highest BCUT2D eigenvalue weighted by Gasteiger charge is 2.33. The Morgan fingerprint density at radius 2 is 2.08 bits per heavy atom. The molecule has 1 aliphatic rings. The molecular formula is C18H17N3O2S3. The molecule has 0 bridgehead atoms. The molecule has 1 aromatic heterocycles. The van der Waals surface area contributed by atoms with Gasteiger partial charge in [-0.2, -0.15) is 0 Å². The molecule has 8 heteroatoms. The van der Waals surface area contributed by atoms with E-state index in [0.717, 1.165) is 5.56 Å². The van der Waals surface area contributed by atoms with Crippen molar-refractivity contribution in [2.45, 2.75) is 19.8 Å². The summed E-state index contributed by atoms with van der Waals surface area (Å²) in [5, 5.41) is 4.92. The van der Waals surface area contributed by atoms with E-state index in [0.29, 0.717) is 20.3 Å². The van der Waals surface area contributed by atoms with Crippen LogP contribution in [0.5, 0.6) is 0 Å². The molecule has 0 unspecified atom stereocenters. The lowest BCUT2D eigenvalue weighted by Gasteiger charge is -2.13. The van der Waals surface area contributed by atoms with Crippen molar-refractivity contribution in [3.63, 3.8) is 0 Å². The van der Waals surface area contributed by atoms with Gasteiger partial charge in [-0.3, -0.25) is 14.5 Å². The van der Waals surface area contributed by atoms with Crippen LogP contribution in [0.15, 0.2) is 40.7 Å². The van der Waals surface area contributed by atoms with Gasteiger partial charge in [-0.1, -0.05) is 62.1 Å². The van der Waals surface area contributed by atoms with E-state index in [1.54, 1.807) is 11.6 Å². The highest BCUT2D eigenvalue weighted by molar-refractivity contribution is 8.26. The minimum absolute atomic E-state index is 0.117. The second-order valence-corrected chi connectivity index (χ2v) is 8.54. The van der Waals surface area contributed by atoms with Gasteiger partial charge in [-0.15, -0.1) is 11.3 Å². The highest BCUT2D eigenvalue weighted by Crippen LogP contribution is 2.32. The molecule has 0 aliphatic carbocycles. The number of rotatable bonds is 5. The number of carbonyl (C=O) groups is 2. The van der Waals surface area contributed by atoms with Crippen molar-refractivity contribution in [2.24, 2.45) is 0 Å². The van der Waals surface area contributed by atoms with Crippen LogP contribution in [-0.4, -0.2) is 32.6 Å². The Morgan fingerprint density at radius 3 is 2.69 bits per heavy atom. The third-order valence-corrected chi connectivity index (χ3v) is 5.82.